The number of rotatable bonds is 5. The number of aromatic nitrogens is 2. The Labute approximate surface area is 105 Å². The maximum Gasteiger partial charge on any atom is 0.325 e. The minimum absolute atomic E-state index is 0.0278. The van der Waals surface area contributed by atoms with Crippen molar-refractivity contribution < 1.29 is 14.7 Å². The first kappa shape index (κ1) is 12.6. The van der Waals surface area contributed by atoms with Gasteiger partial charge in [-0.25, -0.2) is 0 Å². The highest BCUT2D eigenvalue weighted by molar-refractivity contribution is 5.94. The van der Waals surface area contributed by atoms with E-state index in [0.29, 0.717) is 5.82 Å². The topological polar surface area (TPSA) is 84.2 Å². The zero-order valence-corrected chi connectivity index (χ0v) is 10.5. The number of hydrogen-bond donors (Lipinski definition) is 2. The fraction of sp³-hybridized carbons (Fsp3) is 0.583. The Bertz CT molecular complexity index is 483. The van der Waals surface area contributed by atoms with Crippen molar-refractivity contribution in [1.29, 1.82) is 0 Å². The zero-order chi connectivity index (χ0) is 13.3. The van der Waals surface area contributed by atoms with Crippen LogP contribution in [0.25, 0.3) is 0 Å². The van der Waals surface area contributed by atoms with Crippen molar-refractivity contribution in [2.24, 2.45) is 11.3 Å². The lowest BCUT2D eigenvalue weighted by Gasteiger charge is -2.06. The summed E-state index contributed by atoms with van der Waals surface area (Å²) in [4.78, 5) is 22.4. The normalized spacial score (nSPS) is 25.8. The molecule has 1 heterocycles. The first-order valence-electron chi connectivity index (χ1n) is 6.01. The molecule has 0 spiro atoms. The van der Waals surface area contributed by atoms with Crippen LogP contribution >= 0.6 is 0 Å². The number of aliphatic carboxylic acids is 1. The van der Waals surface area contributed by atoms with E-state index in [0.717, 1.165) is 12.8 Å². The molecule has 1 aromatic rings. The van der Waals surface area contributed by atoms with Crippen LogP contribution in [-0.2, 0) is 16.1 Å². The third-order valence-corrected chi connectivity index (χ3v) is 3.66. The number of carboxylic acids is 1. The molecule has 1 saturated carbocycles. The van der Waals surface area contributed by atoms with Crippen LogP contribution in [0.1, 0.15) is 26.7 Å². The molecule has 6 nitrogen and oxygen atoms in total. The van der Waals surface area contributed by atoms with Crippen LogP contribution in [0, 0.1) is 11.3 Å². The molecule has 0 bridgehead atoms. The molecule has 0 aliphatic heterocycles. The van der Waals surface area contributed by atoms with Gasteiger partial charge in [0.25, 0.3) is 0 Å². The quantitative estimate of drug-likeness (QED) is 0.827. The van der Waals surface area contributed by atoms with Crippen LogP contribution in [0.5, 0.6) is 0 Å². The van der Waals surface area contributed by atoms with Crippen molar-refractivity contribution in [1.82, 2.24) is 9.78 Å². The minimum atomic E-state index is -0.961. The van der Waals surface area contributed by atoms with Crippen LogP contribution in [0.15, 0.2) is 12.3 Å². The summed E-state index contributed by atoms with van der Waals surface area (Å²) >= 11 is 0. The summed E-state index contributed by atoms with van der Waals surface area (Å²) < 4.78 is 1.28. The van der Waals surface area contributed by atoms with E-state index in [4.69, 9.17) is 5.11 Å². The van der Waals surface area contributed by atoms with E-state index >= 15 is 0 Å². The molecular weight excluding hydrogens is 234 g/mol. The van der Waals surface area contributed by atoms with E-state index in [9.17, 15) is 9.59 Å². The van der Waals surface area contributed by atoms with Crippen LogP contribution in [0.4, 0.5) is 5.82 Å². The van der Waals surface area contributed by atoms with Gasteiger partial charge in [0.2, 0.25) is 5.91 Å². The molecule has 6 heteroatoms. The number of hydrogen-bond acceptors (Lipinski definition) is 3. The van der Waals surface area contributed by atoms with Gasteiger partial charge >= 0.3 is 5.97 Å². The second-order valence-corrected chi connectivity index (χ2v) is 5.05. The highest BCUT2D eigenvalue weighted by Crippen LogP contribution is 2.54. The molecule has 1 fully saturated rings. The van der Waals surface area contributed by atoms with Gasteiger partial charge in [0, 0.05) is 18.2 Å². The van der Waals surface area contributed by atoms with Crippen molar-refractivity contribution in [2.45, 2.75) is 33.2 Å². The Morgan fingerprint density at radius 1 is 1.67 bits per heavy atom. The van der Waals surface area contributed by atoms with Crippen molar-refractivity contribution in [2.75, 3.05) is 5.32 Å². The number of carbonyl (C=O) groups excluding carboxylic acids is 1. The van der Waals surface area contributed by atoms with E-state index in [1.54, 1.807) is 6.07 Å². The summed E-state index contributed by atoms with van der Waals surface area (Å²) in [7, 11) is 0. The van der Waals surface area contributed by atoms with Crippen molar-refractivity contribution >= 4 is 17.7 Å². The van der Waals surface area contributed by atoms with E-state index in [-0.39, 0.29) is 23.8 Å². The largest absolute Gasteiger partial charge is 0.480 e. The van der Waals surface area contributed by atoms with Gasteiger partial charge in [0.05, 0.1) is 0 Å². The summed E-state index contributed by atoms with van der Waals surface area (Å²) in [6, 6.07) is 1.60. The SMILES string of the molecule is CCC1(C)CC1C(=O)Nc1ccn(CC(=O)O)n1. The van der Waals surface area contributed by atoms with E-state index < -0.39 is 5.97 Å². The summed E-state index contributed by atoms with van der Waals surface area (Å²) in [6.45, 7) is 3.97. The van der Waals surface area contributed by atoms with Gasteiger partial charge in [-0.15, -0.1) is 0 Å². The average Bonchev–Trinajstić information content (AvgIpc) is 2.81. The molecule has 0 aromatic carbocycles. The van der Waals surface area contributed by atoms with Crippen molar-refractivity contribution in [3.63, 3.8) is 0 Å². The van der Waals surface area contributed by atoms with E-state index in [2.05, 4.69) is 24.3 Å². The predicted molar refractivity (Wildman–Crippen MR) is 65.0 cm³/mol. The fourth-order valence-corrected chi connectivity index (χ4v) is 2.08. The zero-order valence-electron chi connectivity index (χ0n) is 10.5. The molecule has 0 radical (unpaired) electrons. The van der Waals surface area contributed by atoms with Crippen molar-refractivity contribution in [3.8, 4) is 0 Å². The summed E-state index contributed by atoms with van der Waals surface area (Å²) in [6.07, 6.45) is 3.43. The molecule has 2 rings (SSSR count). The third kappa shape index (κ3) is 2.52. The van der Waals surface area contributed by atoms with Gasteiger partial charge in [-0.3, -0.25) is 14.3 Å². The summed E-state index contributed by atoms with van der Waals surface area (Å²) in [5.74, 6) is -0.532. The lowest BCUT2D eigenvalue weighted by molar-refractivity contribution is -0.137. The average molecular weight is 251 g/mol. The molecular formula is C12H17N3O3. The van der Waals surface area contributed by atoms with Crippen molar-refractivity contribution in [3.05, 3.63) is 12.3 Å². The fourth-order valence-electron chi connectivity index (χ4n) is 2.08. The van der Waals surface area contributed by atoms with Crippen LogP contribution < -0.4 is 5.32 Å². The lowest BCUT2D eigenvalue weighted by Crippen LogP contribution is -2.18. The highest BCUT2D eigenvalue weighted by atomic mass is 16.4. The maximum atomic E-state index is 11.9. The lowest BCUT2D eigenvalue weighted by atomic mass is 10.0. The number of nitrogens with one attached hydrogen (secondary N) is 1. The molecule has 1 aliphatic carbocycles. The number of anilines is 1. The minimum Gasteiger partial charge on any atom is -0.480 e. The highest BCUT2D eigenvalue weighted by Gasteiger charge is 2.52. The Hall–Kier alpha value is -1.85. The van der Waals surface area contributed by atoms with Gasteiger partial charge in [0.15, 0.2) is 5.82 Å². The van der Waals surface area contributed by atoms with Crippen LogP contribution in [-0.4, -0.2) is 26.8 Å². The molecule has 2 atom stereocenters. The Kier molecular flexibility index (Phi) is 3.11. The number of carboxylic acid groups (broad SMARTS) is 1. The third-order valence-electron chi connectivity index (χ3n) is 3.66. The van der Waals surface area contributed by atoms with Crippen LogP contribution in [0.3, 0.4) is 0 Å². The monoisotopic (exact) mass is 251 g/mol. The van der Waals surface area contributed by atoms with Gasteiger partial charge in [-0.05, 0) is 18.3 Å². The molecule has 2 N–H and O–H groups in total. The first-order valence-corrected chi connectivity index (χ1v) is 6.01. The first-order chi connectivity index (χ1) is 8.44. The Balaban J connectivity index is 1.92. The smallest absolute Gasteiger partial charge is 0.325 e. The number of carbonyl (C=O) groups is 2. The second-order valence-electron chi connectivity index (χ2n) is 5.05. The molecule has 98 valence electrons. The molecule has 2 unspecified atom stereocenters. The number of amides is 1. The van der Waals surface area contributed by atoms with Gasteiger partial charge in [-0.2, -0.15) is 5.10 Å². The standard InChI is InChI=1S/C12H17N3O3/c1-3-12(2)6-8(12)11(18)13-9-4-5-15(14-9)7-10(16)17/h4-5,8H,3,6-7H2,1-2H3,(H,16,17)(H,13,14,18). The van der Waals surface area contributed by atoms with Crippen LogP contribution in [0.2, 0.25) is 0 Å². The molecule has 1 aliphatic rings. The second kappa shape index (κ2) is 4.44. The van der Waals surface area contributed by atoms with Gasteiger partial charge in [-0.1, -0.05) is 13.8 Å². The van der Waals surface area contributed by atoms with E-state index in [1.807, 2.05) is 0 Å². The number of nitrogens with zero attached hydrogens (tertiary/aromatic N) is 2. The predicted octanol–water partition coefficient (Wildman–Crippen LogP) is 1.34. The maximum absolute atomic E-state index is 11.9. The summed E-state index contributed by atoms with van der Waals surface area (Å²) in [5, 5.41) is 15.3. The Morgan fingerprint density at radius 3 is 2.94 bits per heavy atom. The molecule has 1 aromatic heterocycles. The van der Waals surface area contributed by atoms with Gasteiger partial charge in [0.1, 0.15) is 6.54 Å². The van der Waals surface area contributed by atoms with E-state index in [1.165, 1.54) is 10.9 Å². The molecule has 1 amide bonds. The molecule has 18 heavy (non-hydrogen) atoms. The Morgan fingerprint density at radius 2 is 2.39 bits per heavy atom. The van der Waals surface area contributed by atoms with Gasteiger partial charge < -0.3 is 10.4 Å². The summed E-state index contributed by atoms with van der Waals surface area (Å²) in [5.41, 5.74) is 0.119. The molecule has 0 saturated heterocycles.